The summed E-state index contributed by atoms with van der Waals surface area (Å²) in [7, 11) is 3.24. The highest BCUT2D eigenvalue weighted by molar-refractivity contribution is 5.75. The number of likely N-dealkylation sites (N-methyl/N-ethyl adjacent to an activating group) is 1. The van der Waals surface area contributed by atoms with Gasteiger partial charge in [-0.25, -0.2) is 0 Å². The highest BCUT2D eigenvalue weighted by Crippen LogP contribution is 1.98. The quantitative estimate of drug-likeness (QED) is 0.709. The van der Waals surface area contributed by atoms with Crippen LogP contribution in [-0.4, -0.2) is 29.5 Å². The Bertz CT molecular complexity index is 509. The molecule has 84 valence electrons. The van der Waals surface area contributed by atoms with Crippen LogP contribution in [0.25, 0.3) is 0 Å². The van der Waals surface area contributed by atoms with Gasteiger partial charge < -0.3 is 9.47 Å². The molecule has 1 aromatic heterocycles. The van der Waals surface area contributed by atoms with E-state index in [0.29, 0.717) is 5.69 Å². The van der Waals surface area contributed by atoms with Gasteiger partial charge in [0.1, 0.15) is 18.2 Å². The lowest BCUT2D eigenvalue weighted by Gasteiger charge is -2.13. The lowest BCUT2D eigenvalue weighted by molar-refractivity contribution is -0.129. The van der Waals surface area contributed by atoms with Gasteiger partial charge in [-0.05, 0) is 19.1 Å². The van der Waals surface area contributed by atoms with Crippen molar-refractivity contribution in [3.63, 3.8) is 0 Å². The lowest BCUT2D eigenvalue weighted by Crippen LogP contribution is -2.33. The fraction of sp³-hybridized carbons (Fsp3) is 0.364. The van der Waals surface area contributed by atoms with Gasteiger partial charge in [-0.1, -0.05) is 0 Å². The monoisotopic (exact) mass is 219 g/mol. The number of amides is 1. The van der Waals surface area contributed by atoms with Gasteiger partial charge in [-0.3, -0.25) is 9.59 Å². The molecular formula is C11H13N3O2. The molecule has 0 radical (unpaired) electrons. The number of hydrogen-bond acceptors (Lipinski definition) is 3. The maximum Gasteiger partial charge on any atom is 0.269 e. The molecule has 0 bridgehead atoms. The molecule has 0 unspecified atom stereocenters. The summed E-state index contributed by atoms with van der Waals surface area (Å²) in [5.41, 5.74) is 0.300. The summed E-state index contributed by atoms with van der Waals surface area (Å²) in [6, 6.07) is 4.93. The maximum absolute atomic E-state index is 11.7. The van der Waals surface area contributed by atoms with Crippen LogP contribution in [0, 0.1) is 18.3 Å². The van der Waals surface area contributed by atoms with E-state index in [2.05, 4.69) is 0 Å². The average molecular weight is 219 g/mol. The molecule has 1 rings (SSSR count). The highest BCUT2D eigenvalue weighted by Gasteiger charge is 2.10. The molecular weight excluding hydrogens is 206 g/mol. The molecule has 0 aliphatic heterocycles. The molecule has 1 amide bonds. The SMILES string of the molecule is Cc1ccc(C#N)c(=O)n1CC(=O)N(C)C. The average Bonchev–Trinajstić information content (AvgIpc) is 2.24. The Morgan fingerprint density at radius 1 is 1.50 bits per heavy atom. The summed E-state index contributed by atoms with van der Waals surface area (Å²) in [5, 5.41) is 8.72. The Kier molecular flexibility index (Phi) is 3.46. The third-order valence-corrected chi connectivity index (χ3v) is 2.31. The van der Waals surface area contributed by atoms with Crippen LogP contribution in [0.2, 0.25) is 0 Å². The van der Waals surface area contributed by atoms with Crippen molar-refractivity contribution in [1.29, 1.82) is 5.26 Å². The van der Waals surface area contributed by atoms with Crippen molar-refractivity contribution in [2.45, 2.75) is 13.5 Å². The van der Waals surface area contributed by atoms with Crippen molar-refractivity contribution in [2.75, 3.05) is 14.1 Å². The number of aromatic nitrogens is 1. The first-order chi connectivity index (χ1) is 7.47. The van der Waals surface area contributed by atoms with Crippen molar-refractivity contribution in [3.05, 3.63) is 33.7 Å². The van der Waals surface area contributed by atoms with Crippen molar-refractivity contribution < 1.29 is 4.79 Å². The zero-order valence-electron chi connectivity index (χ0n) is 9.52. The fourth-order valence-corrected chi connectivity index (χ4v) is 1.23. The normalized spacial score (nSPS) is 9.62. The molecule has 0 aliphatic rings. The van der Waals surface area contributed by atoms with Crippen LogP contribution in [0.1, 0.15) is 11.3 Å². The zero-order valence-corrected chi connectivity index (χ0v) is 9.52. The van der Waals surface area contributed by atoms with Crippen LogP contribution in [0.3, 0.4) is 0 Å². The molecule has 5 heteroatoms. The summed E-state index contributed by atoms with van der Waals surface area (Å²) >= 11 is 0. The van der Waals surface area contributed by atoms with E-state index in [1.807, 2.05) is 6.07 Å². The molecule has 0 spiro atoms. The molecule has 16 heavy (non-hydrogen) atoms. The van der Waals surface area contributed by atoms with Crippen molar-refractivity contribution in [3.8, 4) is 6.07 Å². The van der Waals surface area contributed by atoms with Crippen LogP contribution in [0.4, 0.5) is 0 Å². The zero-order chi connectivity index (χ0) is 12.3. The van der Waals surface area contributed by atoms with Crippen LogP contribution < -0.4 is 5.56 Å². The van der Waals surface area contributed by atoms with Crippen LogP contribution in [0.5, 0.6) is 0 Å². The second-order valence-electron chi connectivity index (χ2n) is 3.68. The van der Waals surface area contributed by atoms with E-state index in [0.717, 1.165) is 0 Å². The second-order valence-corrected chi connectivity index (χ2v) is 3.68. The van der Waals surface area contributed by atoms with Gasteiger partial charge in [-0.2, -0.15) is 5.26 Å². The number of rotatable bonds is 2. The molecule has 0 saturated carbocycles. The van der Waals surface area contributed by atoms with E-state index in [1.165, 1.54) is 15.5 Å². The van der Waals surface area contributed by atoms with Crippen LogP contribution in [0.15, 0.2) is 16.9 Å². The van der Waals surface area contributed by atoms with Gasteiger partial charge in [0.25, 0.3) is 5.56 Å². The Morgan fingerprint density at radius 2 is 2.12 bits per heavy atom. The molecule has 5 nitrogen and oxygen atoms in total. The van der Waals surface area contributed by atoms with Crippen LogP contribution >= 0.6 is 0 Å². The van der Waals surface area contributed by atoms with E-state index in [1.54, 1.807) is 27.1 Å². The Hall–Kier alpha value is -2.09. The standard InChI is InChI=1S/C11H13N3O2/c1-8-4-5-9(6-12)11(16)14(8)7-10(15)13(2)3/h4-5H,7H2,1-3H3. The number of aryl methyl sites for hydroxylation is 1. The Morgan fingerprint density at radius 3 is 2.62 bits per heavy atom. The highest BCUT2D eigenvalue weighted by atomic mass is 16.2. The van der Waals surface area contributed by atoms with Gasteiger partial charge in [-0.15, -0.1) is 0 Å². The summed E-state index contributed by atoms with van der Waals surface area (Å²) < 4.78 is 1.31. The molecule has 0 N–H and O–H groups in total. The number of nitrogens with zero attached hydrogens (tertiary/aromatic N) is 3. The Labute approximate surface area is 93.5 Å². The smallest absolute Gasteiger partial charge is 0.269 e. The largest absolute Gasteiger partial charge is 0.347 e. The first-order valence-corrected chi connectivity index (χ1v) is 4.78. The van der Waals surface area contributed by atoms with E-state index in [-0.39, 0.29) is 18.0 Å². The lowest BCUT2D eigenvalue weighted by atomic mass is 10.2. The second kappa shape index (κ2) is 4.62. The summed E-state index contributed by atoms with van der Waals surface area (Å²) in [4.78, 5) is 24.7. The minimum absolute atomic E-state index is 0.0345. The van der Waals surface area contributed by atoms with Gasteiger partial charge in [0, 0.05) is 19.8 Å². The number of hydrogen-bond donors (Lipinski definition) is 0. The van der Waals surface area contributed by atoms with Gasteiger partial charge >= 0.3 is 0 Å². The fourth-order valence-electron chi connectivity index (χ4n) is 1.23. The maximum atomic E-state index is 11.7. The van der Waals surface area contributed by atoms with E-state index < -0.39 is 5.56 Å². The molecule has 0 atom stereocenters. The number of pyridine rings is 1. The summed E-state index contributed by atoms with van der Waals surface area (Å²) in [5.74, 6) is -0.180. The molecule has 1 heterocycles. The van der Waals surface area contributed by atoms with Gasteiger partial charge in [0.2, 0.25) is 5.91 Å². The van der Waals surface area contributed by atoms with Crippen molar-refractivity contribution >= 4 is 5.91 Å². The predicted octanol–water partition coefficient (Wildman–Crippen LogP) is 0.117. The molecule has 0 saturated heterocycles. The van der Waals surface area contributed by atoms with Gasteiger partial charge in [0.05, 0.1) is 0 Å². The summed E-state index contributed by atoms with van der Waals surface area (Å²) in [6.45, 7) is 1.69. The molecule has 0 fully saturated rings. The van der Waals surface area contributed by atoms with E-state index in [4.69, 9.17) is 5.26 Å². The number of carbonyl (C=O) groups excluding carboxylic acids is 1. The molecule has 0 aromatic carbocycles. The molecule has 1 aromatic rings. The topological polar surface area (TPSA) is 66.1 Å². The first kappa shape index (κ1) is 12.0. The predicted molar refractivity (Wildman–Crippen MR) is 58.8 cm³/mol. The minimum Gasteiger partial charge on any atom is -0.347 e. The van der Waals surface area contributed by atoms with Crippen molar-refractivity contribution in [1.82, 2.24) is 9.47 Å². The van der Waals surface area contributed by atoms with Crippen LogP contribution in [-0.2, 0) is 11.3 Å². The first-order valence-electron chi connectivity index (χ1n) is 4.78. The summed E-state index contributed by atoms with van der Waals surface area (Å²) in [6.07, 6.45) is 0. The third kappa shape index (κ3) is 2.28. The van der Waals surface area contributed by atoms with E-state index >= 15 is 0 Å². The van der Waals surface area contributed by atoms with Crippen molar-refractivity contribution in [2.24, 2.45) is 0 Å². The number of carbonyl (C=O) groups is 1. The number of nitriles is 1. The Balaban J connectivity index is 3.19. The molecule has 0 aliphatic carbocycles. The van der Waals surface area contributed by atoms with Gasteiger partial charge in [0.15, 0.2) is 0 Å². The third-order valence-electron chi connectivity index (χ3n) is 2.31. The minimum atomic E-state index is -0.419. The van der Waals surface area contributed by atoms with E-state index in [9.17, 15) is 9.59 Å².